The molecule has 0 aromatic heterocycles. The van der Waals surface area contributed by atoms with Gasteiger partial charge >= 0.3 is 0 Å². The van der Waals surface area contributed by atoms with Gasteiger partial charge in [-0.3, -0.25) is 4.79 Å². The maximum atomic E-state index is 12.0. The summed E-state index contributed by atoms with van der Waals surface area (Å²) < 4.78 is 5.38. The van der Waals surface area contributed by atoms with Crippen LogP contribution in [0, 0.1) is 5.92 Å². The van der Waals surface area contributed by atoms with Crippen molar-refractivity contribution in [3.05, 3.63) is 0 Å². The van der Waals surface area contributed by atoms with E-state index in [2.05, 4.69) is 5.32 Å². The number of hydrogen-bond acceptors (Lipinski definition) is 3. The second-order valence-electron chi connectivity index (χ2n) is 4.01. The summed E-state index contributed by atoms with van der Waals surface area (Å²) >= 11 is 0. The van der Waals surface area contributed by atoms with Crippen molar-refractivity contribution < 1.29 is 9.53 Å². The highest BCUT2D eigenvalue weighted by molar-refractivity contribution is 5.79. The average molecular weight is 198 g/mol. The van der Waals surface area contributed by atoms with Crippen molar-refractivity contribution in [1.29, 1.82) is 0 Å². The minimum Gasteiger partial charge on any atom is -0.379 e. The fourth-order valence-corrected chi connectivity index (χ4v) is 2.06. The lowest BCUT2D eigenvalue weighted by Gasteiger charge is -2.21. The minimum absolute atomic E-state index is 0.0376. The number of rotatable bonds is 1. The molecule has 2 aliphatic heterocycles. The Morgan fingerprint density at radius 1 is 1.36 bits per heavy atom. The molecule has 1 unspecified atom stereocenters. The third kappa shape index (κ3) is 2.25. The highest BCUT2D eigenvalue weighted by atomic mass is 16.5. The zero-order valence-electron chi connectivity index (χ0n) is 8.50. The van der Waals surface area contributed by atoms with Gasteiger partial charge in [0.1, 0.15) is 0 Å². The van der Waals surface area contributed by atoms with Crippen LogP contribution in [-0.2, 0) is 9.53 Å². The Kier molecular flexibility index (Phi) is 3.37. The van der Waals surface area contributed by atoms with Crippen LogP contribution in [0.1, 0.15) is 12.8 Å². The molecule has 2 rings (SSSR count). The van der Waals surface area contributed by atoms with Crippen molar-refractivity contribution in [2.45, 2.75) is 12.8 Å². The van der Waals surface area contributed by atoms with Crippen LogP contribution >= 0.6 is 0 Å². The minimum atomic E-state index is 0.0376. The van der Waals surface area contributed by atoms with E-state index >= 15 is 0 Å². The molecule has 0 aliphatic carbocycles. The molecule has 0 aromatic carbocycles. The van der Waals surface area contributed by atoms with Crippen molar-refractivity contribution in [1.82, 2.24) is 10.2 Å². The molecule has 0 aromatic rings. The van der Waals surface area contributed by atoms with E-state index in [0.29, 0.717) is 6.61 Å². The van der Waals surface area contributed by atoms with Gasteiger partial charge in [-0.2, -0.15) is 0 Å². The molecule has 0 spiro atoms. The van der Waals surface area contributed by atoms with Crippen LogP contribution < -0.4 is 5.32 Å². The zero-order chi connectivity index (χ0) is 9.80. The highest BCUT2D eigenvalue weighted by Crippen LogP contribution is 2.12. The molecule has 2 fully saturated rings. The van der Waals surface area contributed by atoms with Gasteiger partial charge in [-0.1, -0.05) is 0 Å². The molecule has 80 valence electrons. The van der Waals surface area contributed by atoms with E-state index in [1.54, 1.807) is 0 Å². The summed E-state index contributed by atoms with van der Waals surface area (Å²) in [7, 11) is 0. The van der Waals surface area contributed by atoms with E-state index in [4.69, 9.17) is 4.74 Å². The molecule has 2 heterocycles. The molecule has 1 N–H and O–H groups in total. The Labute approximate surface area is 84.6 Å². The molecule has 0 saturated carbocycles. The van der Waals surface area contributed by atoms with Crippen molar-refractivity contribution in [2.75, 3.05) is 39.4 Å². The first-order valence-corrected chi connectivity index (χ1v) is 5.45. The Balaban J connectivity index is 1.88. The largest absolute Gasteiger partial charge is 0.379 e. The van der Waals surface area contributed by atoms with Crippen LogP contribution in [0.3, 0.4) is 0 Å². The number of carbonyl (C=O) groups is 1. The standard InChI is InChI=1S/C10H18N2O2/c13-10(12-4-1-2-5-12)9-7-11-3-6-14-8-9/h9,11H,1-8H2. The normalized spacial score (nSPS) is 28.9. The van der Waals surface area contributed by atoms with Crippen molar-refractivity contribution in [2.24, 2.45) is 5.92 Å². The van der Waals surface area contributed by atoms with E-state index in [9.17, 15) is 4.79 Å². The smallest absolute Gasteiger partial charge is 0.229 e. The number of likely N-dealkylation sites (tertiary alicyclic amines) is 1. The SMILES string of the molecule is O=C(C1CNCCOC1)N1CCCC1. The molecule has 4 nitrogen and oxygen atoms in total. The first-order valence-electron chi connectivity index (χ1n) is 5.45. The van der Waals surface area contributed by atoms with E-state index in [-0.39, 0.29) is 11.8 Å². The van der Waals surface area contributed by atoms with E-state index < -0.39 is 0 Å². The van der Waals surface area contributed by atoms with Gasteiger partial charge in [-0.05, 0) is 12.8 Å². The number of amides is 1. The van der Waals surface area contributed by atoms with Gasteiger partial charge in [0, 0.05) is 26.2 Å². The average Bonchev–Trinajstić information content (AvgIpc) is 2.59. The quantitative estimate of drug-likeness (QED) is 0.637. The summed E-state index contributed by atoms with van der Waals surface area (Å²) in [5, 5.41) is 3.23. The van der Waals surface area contributed by atoms with Crippen LogP contribution in [0.2, 0.25) is 0 Å². The summed E-state index contributed by atoms with van der Waals surface area (Å²) in [6.07, 6.45) is 2.32. The first-order chi connectivity index (χ1) is 6.88. The summed E-state index contributed by atoms with van der Waals surface area (Å²) in [6, 6.07) is 0. The maximum absolute atomic E-state index is 12.0. The van der Waals surface area contributed by atoms with Crippen LogP contribution in [0.4, 0.5) is 0 Å². The molecule has 0 bridgehead atoms. The number of nitrogens with zero attached hydrogens (tertiary/aromatic N) is 1. The van der Waals surface area contributed by atoms with Crippen LogP contribution in [0.5, 0.6) is 0 Å². The van der Waals surface area contributed by atoms with Gasteiger partial charge in [0.25, 0.3) is 0 Å². The van der Waals surface area contributed by atoms with Gasteiger partial charge in [0.05, 0.1) is 19.1 Å². The van der Waals surface area contributed by atoms with E-state index in [1.807, 2.05) is 4.90 Å². The monoisotopic (exact) mass is 198 g/mol. The van der Waals surface area contributed by atoms with Crippen LogP contribution in [0.25, 0.3) is 0 Å². The first kappa shape index (κ1) is 9.93. The molecule has 2 aliphatic rings. The summed E-state index contributed by atoms with van der Waals surface area (Å²) in [4.78, 5) is 13.9. The molecular formula is C10H18N2O2. The maximum Gasteiger partial charge on any atom is 0.229 e. The molecule has 1 amide bonds. The molecular weight excluding hydrogens is 180 g/mol. The summed E-state index contributed by atoms with van der Waals surface area (Å²) in [5.74, 6) is 0.313. The Morgan fingerprint density at radius 2 is 2.14 bits per heavy atom. The molecule has 14 heavy (non-hydrogen) atoms. The summed E-state index contributed by atoms with van der Waals surface area (Å²) in [6.45, 7) is 4.83. The second-order valence-corrected chi connectivity index (χ2v) is 4.01. The highest BCUT2D eigenvalue weighted by Gasteiger charge is 2.27. The number of carbonyl (C=O) groups excluding carboxylic acids is 1. The van der Waals surface area contributed by atoms with Crippen molar-refractivity contribution in [3.8, 4) is 0 Å². The fraction of sp³-hybridized carbons (Fsp3) is 0.900. The lowest BCUT2D eigenvalue weighted by Crippen LogP contribution is -2.39. The molecule has 2 saturated heterocycles. The molecule has 0 radical (unpaired) electrons. The Morgan fingerprint density at radius 3 is 2.93 bits per heavy atom. The zero-order valence-corrected chi connectivity index (χ0v) is 8.50. The fourth-order valence-electron chi connectivity index (χ4n) is 2.06. The van der Waals surface area contributed by atoms with Crippen molar-refractivity contribution >= 4 is 5.91 Å². The third-order valence-electron chi connectivity index (χ3n) is 2.90. The van der Waals surface area contributed by atoms with Gasteiger partial charge in [0.2, 0.25) is 5.91 Å². The van der Waals surface area contributed by atoms with E-state index in [0.717, 1.165) is 45.6 Å². The Bertz CT molecular complexity index is 194. The Hall–Kier alpha value is -0.610. The van der Waals surface area contributed by atoms with Crippen LogP contribution in [0.15, 0.2) is 0 Å². The van der Waals surface area contributed by atoms with E-state index in [1.165, 1.54) is 0 Å². The number of hydrogen-bond donors (Lipinski definition) is 1. The van der Waals surface area contributed by atoms with Gasteiger partial charge in [-0.25, -0.2) is 0 Å². The third-order valence-corrected chi connectivity index (χ3v) is 2.90. The van der Waals surface area contributed by atoms with Crippen LogP contribution in [-0.4, -0.2) is 50.2 Å². The summed E-state index contributed by atoms with van der Waals surface area (Å²) in [5.41, 5.74) is 0. The lowest BCUT2D eigenvalue weighted by atomic mass is 10.1. The number of ether oxygens (including phenoxy) is 1. The second kappa shape index (κ2) is 4.75. The molecule has 1 atom stereocenters. The van der Waals surface area contributed by atoms with Gasteiger partial charge in [-0.15, -0.1) is 0 Å². The van der Waals surface area contributed by atoms with Crippen molar-refractivity contribution in [3.63, 3.8) is 0 Å². The topological polar surface area (TPSA) is 41.6 Å². The van der Waals surface area contributed by atoms with Gasteiger partial charge < -0.3 is 15.0 Å². The predicted molar refractivity (Wildman–Crippen MR) is 53.0 cm³/mol. The lowest BCUT2D eigenvalue weighted by molar-refractivity contribution is -0.135. The predicted octanol–water partition coefficient (Wildman–Crippen LogP) is -0.155. The molecule has 4 heteroatoms. The number of nitrogens with one attached hydrogen (secondary N) is 1. The van der Waals surface area contributed by atoms with Gasteiger partial charge in [0.15, 0.2) is 0 Å².